The Morgan fingerprint density at radius 3 is 2.63 bits per heavy atom. The zero-order valence-electron chi connectivity index (χ0n) is 14.1. The van der Waals surface area contributed by atoms with Crippen molar-refractivity contribution >= 4 is 44.0 Å². The molecule has 2 aromatic carbocycles. The minimum atomic E-state index is -2.98. The first-order valence-corrected chi connectivity index (χ1v) is 11.0. The van der Waals surface area contributed by atoms with Crippen molar-refractivity contribution in [3.63, 3.8) is 0 Å². The van der Waals surface area contributed by atoms with Gasteiger partial charge in [-0.15, -0.1) is 0 Å². The molecule has 1 fully saturated rings. The maximum absolute atomic E-state index is 13.0. The first-order chi connectivity index (χ1) is 12.9. The van der Waals surface area contributed by atoms with E-state index < -0.39 is 9.84 Å². The number of anilines is 2. The highest BCUT2D eigenvalue weighted by molar-refractivity contribution is 8.15. The van der Waals surface area contributed by atoms with E-state index in [4.69, 9.17) is 0 Å². The van der Waals surface area contributed by atoms with Crippen molar-refractivity contribution < 1.29 is 17.6 Å². The third-order valence-corrected chi connectivity index (χ3v) is 7.44. The third kappa shape index (κ3) is 4.14. The molecule has 2 N–H and O–H groups in total. The van der Waals surface area contributed by atoms with Gasteiger partial charge >= 0.3 is 0 Å². The normalized spacial score (nSPS) is 22.8. The molecule has 0 aliphatic carbocycles. The lowest BCUT2D eigenvalue weighted by Gasteiger charge is -2.09. The summed E-state index contributed by atoms with van der Waals surface area (Å²) in [4.78, 5) is 16.8. The number of nitrogens with zero attached hydrogens (tertiary/aromatic N) is 1. The molecule has 0 aromatic heterocycles. The Morgan fingerprint density at radius 2 is 1.89 bits per heavy atom. The summed E-state index contributed by atoms with van der Waals surface area (Å²) in [6, 6.07) is 12.3. The monoisotopic (exact) mass is 405 g/mol. The van der Waals surface area contributed by atoms with Crippen LogP contribution in [0.3, 0.4) is 0 Å². The summed E-state index contributed by atoms with van der Waals surface area (Å²) in [5.41, 5.74) is 1.64. The maximum Gasteiger partial charge on any atom is 0.255 e. The molecule has 1 amide bonds. The molecule has 140 valence electrons. The number of hydrogen-bond donors (Lipinski definition) is 2. The van der Waals surface area contributed by atoms with Crippen LogP contribution in [0.5, 0.6) is 0 Å². The molecule has 0 bridgehead atoms. The minimum Gasteiger partial charge on any atom is -0.335 e. The predicted molar refractivity (Wildman–Crippen MR) is 106 cm³/mol. The van der Waals surface area contributed by atoms with Gasteiger partial charge in [0.1, 0.15) is 5.82 Å². The Labute approximate surface area is 160 Å². The Kier molecular flexibility index (Phi) is 4.65. The fourth-order valence-corrected chi connectivity index (χ4v) is 6.69. The van der Waals surface area contributed by atoms with Gasteiger partial charge in [-0.3, -0.25) is 9.79 Å². The van der Waals surface area contributed by atoms with Crippen LogP contribution in [0.4, 0.5) is 15.8 Å². The second-order valence-corrected chi connectivity index (χ2v) is 9.78. The van der Waals surface area contributed by atoms with Crippen LogP contribution in [-0.2, 0) is 9.84 Å². The Morgan fingerprint density at radius 1 is 1.11 bits per heavy atom. The average Bonchev–Trinajstić information content (AvgIpc) is 3.09. The number of sulfone groups is 1. The van der Waals surface area contributed by atoms with Gasteiger partial charge < -0.3 is 10.6 Å². The lowest BCUT2D eigenvalue weighted by molar-refractivity contribution is 0.102. The van der Waals surface area contributed by atoms with Crippen molar-refractivity contribution in [2.24, 2.45) is 4.99 Å². The number of thioether (sulfide) groups is 1. The van der Waals surface area contributed by atoms with Crippen LogP contribution in [0.1, 0.15) is 10.4 Å². The molecule has 0 unspecified atom stereocenters. The van der Waals surface area contributed by atoms with Crippen LogP contribution in [-0.4, -0.2) is 42.3 Å². The number of carbonyl (C=O) groups excluding carboxylic acids is 1. The molecular weight excluding hydrogens is 389 g/mol. The van der Waals surface area contributed by atoms with E-state index >= 15 is 0 Å². The number of amidine groups is 1. The second kappa shape index (κ2) is 6.97. The fraction of sp³-hybridized carbons (Fsp3) is 0.222. The zero-order valence-corrected chi connectivity index (χ0v) is 15.7. The summed E-state index contributed by atoms with van der Waals surface area (Å²) in [6.45, 7) is 0. The van der Waals surface area contributed by atoms with E-state index in [9.17, 15) is 17.6 Å². The quantitative estimate of drug-likeness (QED) is 0.820. The molecule has 4 rings (SSSR count). The van der Waals surface area contributed by atoms with Crippen LogP contribution in [0.25, 0.3) is 0 Å². The predicted octanol–water partition coefficient (Wildman–Crippen LogP) is 2.76. The second-order valence-electron chi connectivity index (χ2n) is 6.40. The van der Waals surface area contributed by atoms with E-state index in [1.165, 1.54) is 36.0 Å². The number of halogens is 1. The first-order valence-electron chi connectivity index (χ1n) is 8.27. The van der Waals surface area contributed by atoms with Gasteiger partial charge in [0.2, 0.25) is 0 Å². The number of hydrogen-bond acceptors (Lipinski definition) is 6. The number of carbonyl (C=O) groups is 1. The highest BCUT2D eigenvalue weighted by Crippen LogP contribution is 2.34. The highest BCUT2D eigenvalue weighted by atomic mass is 32.2. The van der Waals surface area contributed by atoms with Gasteiger partial charge in [-0.25, -0.2) is 12.8 Å². The maximum atomic E-state index is 13.0. The van der Waals surface area contributed by atoms with Crippen molar-refractivity contribution in [3.05, 3.63) is 59.9 Å². The summed E-state index contributed by atoms with van der Waals surface area (Å²) in [7, 11) is -2.98. The standard InChI is InChI=1S/C18H16FN3O3S2/c19-12-4-6-13(7-5-12)20-17(23)11-2-1-3-14(8-11)21-18-22-15-9-27(24,25)10-16(15)26-18/h1-8,15-16H,9-10H2,(H,20,23)(H,21,22)/t15-,16+/m0/s1. The largest absolute Gasteiger partial charge is 0.335 e. The molecule has 27 heavy (non-hydrogen) atoms. The SMILES string of the molecule is O=C(Nc1ccc(F)cc1)c1cccc(NC2=N[C@H]3CS(=O)(=O)C[C@H]3S2)c1. The first kappa shape index (κ1) is 18.0. The fourth-order valence-electron chi connectivity index (χ4n) is 3.01. The van der Waals surface area contributed by atoms with E-state index in [-0.39, 0.29) is 34.5 Å². The third-order valence-electron chi connectivity index (χ3n) is 4.30. The molecule has 2 aliphatic heterocycles. The van der Waals surface area contributed by atoms with Gasteiger partial charge in [0.05, 0.1) is 17.5 Å². The molecule has 2 atom stereocenters. The highest BCUT2D eigenvalue weighted by Gasteiger charge is 2.42. The molecule has 0 spiro atoms. The van der Waals surface area contributed by atoms with E-state index in [1.54, 1.807) is 18.2 Å². The van der Waals surface area contributed by atoms with Crippen molar-refractivity contribution in [2.75, 3.05) is 22.1 Å². The van der Waals surface area contributed by atoms with E-state index in [2.05, 4.69) is 15.6 Å². The summed E-state index contributed by atoms with van der Waals surface area (Å²) in [6.07, 6.45) is 0. The molecule has 2 heterocycles. The zero-order chi connectivity index (χ0) is 19.0. The summed E-state index contributed by atoms with van der Waals surface area (Å²) < 4.78 is 36.2. The van der Waals surface area contributed by atoms with Crippen molar-refractivity contribution in [1.82, 2.24) is 0 Å². The van der Waals surface area contributed by atoms with E-state index in [0.29, 0.717) is 22.1 Å². The molecule has 6 nitrogen and oxygen atoms in total. The van der Waals surface area contributed by atoms with Crippen LogP contribution in [0, 0.1) is 5.82 Å². The Bertz CT molecular complexity index is 1020. The van der Waals surface area contributed by atoms with Crippen molar-refractivity contribution in [1.29, 1.82) is 0 Å². The van der Waals surface area contributed by atoms with E-state index in [1.807, 2.05) is 6.07 Å². The topological polar surface area (TPSA) is 87.6 Å². The van der Waals surface area contributed by atoms with Gasteiger partial charge in [0, 0.05) is 22.2 Å². The number of benzene rings is 2. The summed E-state index contributed by atoms with van der Waals surface area (Å²) in [5.74, 6) is -0.437. The smallest absolute Gasteiger partial charge is 0.255 e. The van der Waals surface area contributed by atoms with Gasteiger partial charge in [-0.1, -0.05) is 17.8 Å². The molecule has 2 aromatic rings. The molecule has 2 aliphatic rings. The lowest BCUT2D eigenvalue weighted by atomic mass is 10.2. The van der Waals surface area contributed by atoms with Crippen molar-refractivity contribution in [3.8, 4) is 0 Å². The van der Waals surface area contributed by atoms with Gasteiger partial charge in [-0.05, 0) is 42.5 Å². The average molecular weight is 405 g/mol. The Balaban J connectivity index is 1.44. The van der Waals surface area contributed by atoms with Crippen LogP contribution in [0.15, 0.2) is 53.5 Å². The number of nitrogens with one attached hydrogen (secondary N) is 2. The van der Waals surface area contributed by atoms with Crippen LogP contribution < -0.4 is 10.6 Å². The Hall–Kier alpha value is -2.39. The molecule has 1 saturated heterocycles. The number of fused-ring (bicyclic) bond motifs is 1. The lowest BCUT2D eigenvalue weighted by Crippen LogP contribution is -2.14. The summed E-state index contributed by atoms with van der Waals surface area (Å²) in [5, 5.41) is 6.49. The van der Waals surface area contributed by atoms with Crippen LogP contribution >= 0.6 is 11.8 Å². The number of amides is 1. The van der Waals surface area contributed by atoms with Gasteiger partial charge in [0.25, 0.3) is 5.91 Å². The van der Waals surface area contributed by atoms with Crippen molar-refractivity contribution in [2.45, 2.75) is 11.3 Å². The van der Waals surface area contributed by atoms with Gasteiger partial charge in [0.15, 0.2) is 15.0 Å². The number of rotatable bonds is 3. The molecule has 9 heteroatoms. The van der Waals surface area contributed by atoms with E-state index in [0.717, 1.165) is 0 Å². The molecule has 0 radical (unpaired) electrons. The number of aliphatic imine (C=N–C) groups is 1. The molecular formula is C18H16FN3O3S2. The molecule has 0 saturated carbocycles. The van der Waals surface area contributed by atoms with Gasteiger partial charge in [-0.2, -0.15) is 0 Å². The minimum absolute atomic E-state index is 0.0394. The summed E-state index contributed by atoms with van der Waals surface area (Å²) >= 11 is 1.42. The van der Waals surface area contributed by atoms with Crippen LogP contribution in [0.2, 0.25) is 0 Å².